The van der Waals surface area contributed by atoms with Crippen molar-refractivity contribution >= 4 is 27.9 Å². The minimum absolute atomic E-state index is 0.0461. The number of nitrogens with one attached hydrogen (secondary N) is 1. The molecule has 1 N–H and O–H groups in total. The number of nitro groups is 1. The van der Waals surface area contributed by atoms with E-state index in [4.69, 9.17) is 4.74 Å². The van der Waals surface area contributed by atoms with Gasteiger partial charge in [0, 0.05) is 0 Å². The first-order valence-electron chi connectivity index (χ1n) is 6.57. The fourth-order valence-corrected chi connectivity index (χ4v) is 2.85. The van der Waals surface area contributed by atoms with Gasteiger partial charge in [0.2, 0.25) is 0 Å². The average Bonchev–Trinajstić information content (AvgIpc) is 2.86. The maximum atomic E-state index is 12.4. The van der Waals surface area contributed by atoms with E-state index >= 15 is 0 Å². The maximum absolute atomic E-state index is 12.4. The van der Waals surface area contributed by atoms with E-state index in [9.17, 15) is 14.9 Å². The van der Waals surface area contributed by atoms with Crippen LogP contribution in [0.1, 0.15) is 28.0 Å². The van der Waals surface area contributed by atoms with Crippen molar-refractivity contribution in [2.24, 2.45) is 0 Å². The summed E-state index contributed by atoms with van der Waals surface area (Å²) in [7, 11) is 1.32. The highest BCUT2D eigenvalue weighted by atomic mass is 32.1. The zero-order valence-electron chi connectivity index (χ0n) is 12.4. The lowest BCUT2D eigenvalue weighted by atomic mass is 10.1. The topological polar surface area (TPSA) is 94.4 Å². The molecule has 0 fully saturated rings. The number of para-hydroxylation sites is 1. The predicted molar refractivity (Wildman–Crippen MR) is 83.8 cm³/mol. The van der Waals surface area contributed by atoms with Crippen LogP contribution in [-0.2, 0) is 6.42 Å². The Labute approximate surface area is 131 Å². The second-order valence-electron chi connectivity index (χ2n) is 4.44. The average molecular weight is 321 g/mol. The zero-order valence-corrected chi connectivity index (χ0v) is 13.2. The van der Waals surface area contributed by atoms with Crippen molar-refractivity contribution < 1.29 is 14.5 Å². The summed E-state index contributed by atoms with van der Waals surface area (Å²) < 4.78 is 4.96. The van der Waals surface area contributed by atoms with Crippen LogP contribution in [0.4, 0.5) is 10.7 Å². The van der Waals surface area contributed by atoms with E-state index in [2.05, 4.69) is 10.3 Å². The number of benzene rings is 1. The summed E-state index contributed by atoms with van der Waals surface area (Å²) in [6.45, 7) is 3.75. The molecule has 0 saturated heterocycles. The Morgan fingerprint density at radius 2 is 2.23 bits per heavy atom. The van der Waals surface area contributed by atoms with Crippen molar-refractivity contribution in [1.29, 1.82) is 0 Å². The van der Waals surface area contributed by atoms with E-state index in [-0.39, 0.29) is 17.0 Å². The molecule has 116 valence electrons. The standard InChI is InChI=1S/C14H15N3O4S/c1-4-11-15-8(2)14(22-11)16-13(18)9-6-5-7-10(21-3)12(9)17(19)20/h5-7H,4H2,1-3H3,(H,16,18). The third kappa shape index (κ3) is 3.06. The molecule has 7 nitrogen and oxygen atoms in total. The van der Waals surface area contributed by atoms with Gasteiger partial charge in [0.25, 0.3) is 5.91 Å². The Balaban J connectivity index is 2.37. The first-order valence-corrected chi connectivity index (χ1v) is 7.38. The number of nitro benzene ring substituents is 1. The molecule has 0 unspecified atom stereocenters. The molecule has 0 saturated carbocycles. The number of carbonyl (C=O) groups is 1. The van der Waals surface area contributed by atoms with Crippen LogP contribution in [0.2, 0.25) is 0 Å². The number of thiazole rings is 1. The van der Waals surface area contributed by atoms with E-state index in [1.165, 1.54) is 36.6 Å². The lowest BCUT2D eigenvalue weighted by Crippen LogP contribution is -2.14. The smallest absolute Gasteiger partial charge is 0.323 e. The van der Waals surface area contributed by atoms with Gasteiger partial charge in [0.05, 0.1) is 22.7 Å². The van der Waals surface area contributed by atoms with Crippen LogP contribution in [0.25, 0.3) is 0 Å². The first-order chi connectivity index (χ1) is 10.5. The second kappa shape index (κ2) is 6.52. The highest BCUT2D eigenvalue weighted by Gasteiger charge is 2.26. The van der Waals surface area contributed by atoms with E-state index in [1.807, 2.05) is 6.92 Å². The third-order valence-corrected chi connectivity index (χ3v) is 4.23. The molecule has 8 heteroatoms. The molecule has 0 aliphatic rings. The first kappa shape index (κ1) is 15.9. The number of rotatable bonds is 5. The van der Waals surface area contributed by atoms with Gasteiger partial charge in [0.1, 0.15) is 10.6 Å². The van der Waals surface area contributed by atoms with Crippen molar-refractivity contribution in [2.75, 3.05) is 12.4 Å². The van der Waals surface area contributed by atoms with Gasteiger partial charge in [-0.15, -0.1) is 11.3 Å². The number of nitrogens with zero attached hydrogens (tertiary/aromatic N) is 2. The van der Waals surface area contributed by atoms with Gasteiger partial charge in [-0.1, -0.05) is 13.0 Å². The molecule has 0 aliphatic carbocycles. The minimum atomic E-state index is -0.620. The molecule has 0 aliphatic heterocycles. The fourth-order valence-electron chi connectivity index (χ4n) is 1.95. The SMILES string of the molecule is CCc1nc(C)c(NC(=O)c2cccc(OC)c2[N+](=O)[O-])s1. The molecule has 1 amide bonds. The van der Waals surface area contributed by atoms with E-state index in [1.54, 1.807) is 6.92 Å². The summed E-state index contributed by atoms with van der Waals surface area (Å²) >= 11 is 1.36. The molecule has 1 heterocycles. The second-order valence-corrected chi connectivity index (χ2v) is 5.53. The van der Waals surface area contributed by atoms with E-state index < -0.39 is 10.8 Å². The van der Waals surface area contributed by atoms with Crippen molar-refractivity contribution in [1.82, 2.24) is 4.98 Å². The van der Waals surface area contributed by atoms with Gasteiger partial charge >= 0.3 is 5.69 Å². The Morgan fingerprint density at radius 1 is 1.50 bits per heavy atom. The molecule has 2 rings (SSSR count). The Kier molecular flexibility index (Phi) is 4.71. The van der Waals surface area contributed by atoms with Crippen LogP contribution in [0.3, 0.4) is 0 Å². The zero-order chi connectivity index (χ0) is 16.3. The summed E-state index contributed by atoms with van der Waals surface area (Å²) in [5.74, 6) is -0.507. The maximum Gasteiger partial charge on any atom is 0.323 e. The number of carbonyl (C=O) groups excluding carboxylic acids is 1. The summed E-state index contributed by atoms with van der Waals surface area (Å²) in [4.78, 5) is 27.3. The molecule has 0 atom stereocenters. The van der Waals surface area contributed by atoms with Gasteiger partial charge < -0.3 is 10.1 Å². The van der Waals surface area contributed by atoms with Crippen molar-refractivity contribution in [3.05, 3.63) is 44.6 Å². The highest BCUT2D eigenvalue weighted by molar-refractivity contribution is 7.16. The summed E-state index contributed by atoms with van der Waals surface area (Å²) in [5.41, 5.74) is 0.302. The molecule has 0 radical (unpaired) electrons. The molecular formula is C14H15N3O4S. The lowest BCUT2D eigenvalue weighted by Gasteiger charge is -2.07. The Bertz CT molecular complexity index is 727. The quantitative estimate of drug-likeness (QED) is 0.674. The fraction of sp³-hybridized carbons (Fsp3) is 0.286. The van der Waals surface area contributed by atoms with Crippen LogP contribution in [0.5, 0.6) is 5.75 Å². The van der Waals surface area contributed by atoms with Crippen molar-refractivity contribution in [3.63, 3.8) is 0 Å². The number of hydrogen-bond acceptors (Lipinski definition) is 6. The van der Waals surface area contributed by atoms with Crippen molar-refractivity contribution in [3.8, 4) is 5.75 Å². The van der Waals surface area contributed by atoms with Crippen LogP contribution in [0.15, 0.2) is 18.2 Å². The number of hydrogen-bond donors (Lipinski definition) is 1. The van der Waals surface area contributed by atoms with Gasteiger partial charge in [-0.05, 0) is 25.5 Å². The molecule has 1 aromatic heterocycles. The Hall–Kier alpha value is -2.48. The molecule has 22 heavy (non-hydrogen) atoms. The number of aromatic nitrogens is 1. The number of anilines is 1. The molecule has 0 bridgehead atoms. The summed E-state index contributed by atoms with van der Waals surface area (Å²) in [6, 6.07) is 4.38. The van der Waals surface area contributed by atoms with Crippen molar-refractivity contribution in [2.45, 2.75) is 20.3 Å². The number of amides is 1. The normalized spacial score (nSPS) is 10.3. The predicted octanol–water partition coefficient (Wildman–Crippen LogP) is 3.18. The van der Waals surface area contributed by atoms with E-state index in [0.29, 0.717) is 10.7 Å². The molecule has 0 spiro atoms. The third-order valence-electron chi connectivity index (χ3n) is 3.02. The van der Waals surface area contributed by atoms with Crippen LogP contribution in [-0.4, -0.2) is 22.9 Å². The summed E-state index contributed by atoms with van der Waals surface area (Å²) in [5, 5.41) is 15.4. The molecular weight excluding hydrogens is 306 g/mol. The van der Waals surface area contributed by atoms with Crippen LogP contribution >= 0.6 is 11.3 Å². The monoisotopic (exact) mass is 321 g/mol. The number of aryl methyl sites for hydroxylation is 2. The highest BCUT2D eigenvalue weighted by Crippen LogP contribution is 2.32. The minimum Gasteiger partial charge on any atom is -0.490 e. The summed E-state index contributed by atoms with van der Waals surface area (Å²) in [6.07, 6.45) is 0.765. The van der Waals surface area contributed by atoms with Crippen LogP contribution < -0.4 is 10.1 Å². The number of ether oxygens (including phenoxy) is 1. The largest absolute Gasteiger partial charge is 0.490 e. The van der Waals surface area contributed by atoms with E-state index in [0.717, 1.165) is 11.4 Å². The van der Waals surface area contributed by atoms with Gasteiger partial charge in [-0.3, -0.25) is 14.9 Å². The lowest BCUT2D eigenvalue weighted by molar-refractivity contribution is -0.386. The van der Waals surface area contributed by atoms with Gasteiger partial charge in [-0.2, -0.15) is 0 Å². The van der Waals surface area contributed by atoms with Crippen LogP contribution in [0, 0.1) is 17.0 Å². The number of methoxy groups -OCH3 is 1. The molecule has 2 aromatic rings. The van der Waals surface area contributed by atoms with Gasteiger partial charge in [-0.25, -0.2) is 4.98 Å². The Morgan fingerprint density at radius 3 is 2.77 bits per heavy atom. The van der Waals surface area contributed by atoms with Gasteiger partial charge in [0.15, 0.2) is 5.75 Å². The molecule has 1 aromatic carbocycles.